The second kappa shape index (κ2) is 9.52. The Morgan fingerprint density at radius 1 is 1.21 bits per heavy atom. The highest BCUT2D eigenvalue weighted by Crippen LogP contribution is 2.31. The molecule has 160 valence electrons. The van der Waals surface area contributed by atoms with Gasteiger partial charge in [0.1, 0.15) is 18.8 Å². The minimum atomic E-state index is -1.05. The number of carbonyl (C=O) groups is 4. The molecule has 11 heteroatoms. The molecule has 29 heavy (non-hydrogen) atoms. The summed E-state index contributed by atoms with van der Waals surface area (Å²) in [6, 6.07) is -0.852. The van der Waals surface area contributed by atoms with Gasteiger partial charge in [-0.1, -0.05) is 6.08 Å². The first-order chi connectivity index (χ1) is 13.6. The number of primary amides is 1. The smallest absolute Gasteiger partial charge is 0.322 e. The molecule has 1 saturated heterocycles. The highest BCUT2D eigenvalue weighted by molar-refractivity contribution is 5.92. The summed E-state index contributed by atoms with van der Waals surface area (Å²) in [6.45, 7) is 3.56. The molecule has 0 aromatic heterocycles. The summed E-state index contributed by atoms with van der Waals surface area (Å²) in [5.74, 6) is -2.55. The van der Waals surface area contributed by atoms with Gasteiger partial charge in [-0.25, -0.2) is 0 Å². The Bertz CT molecular complexity index is 733. The Kier molecular flexibility index (Phi) is 7.35. The molecule has 0 spiro atoms. The SMILES string of the molecule is CC(=O)O[C@@H]1[C@H](OC(C)=O)[C@@H](COC(=O)[C@H](C)N)O[C@H]1N1C=CCC(C(N)=O)=C1. The molecular weight excluding hydrogens is 386 g/mol. The quantitative estimate of drug-likeness (QED) is 0.395. The van der Waals surface area contributed by atoms with Gasteiger partial charge >= 0.3 is 17.9 Å². The number of hydrogen-bond acceptors (Lipinski definition) is 10. The van der Waals surface area contributed by atoms with E-state index in [9.17, 15) is 19.2 Å². The minimum absolute atomic E-state index is 0.281. The van der Waals surface area contributed by atoms with E-state index in [1.54, 1.807) is 12.3 Å². The van der Waals surface area contributed by atoms with Crippen molar-refractivity contribution in [1.29, 1.82) is 0 Å². The maximum absolute atomic E-state index is 11.7. The zero-order chi connectivity index (χ0) is 21.7. The Morgan fingerprint density at radius 2 is 1.83 bits per heavy atom. The van der Waals surface area contributed by atoms with Crippen LogP contribution in [0.2, 0.25) is 0 Å². The summed E-state index contributed by atoms with van der Waals surface area (Å²) in [5.41, 5.74) is 11.1. The van der Waals surface area contributed by atoms with Crippen LogP contribution in [0.25, 0.3) is 0 Å². The van der Waals surface area contributed by atoms with Gasteiger partial charge in [0, 0.05) is 31.8 Å². The largest absolute Gasteiger partial charge is 0.462 e. The fraction of sp³-hybridized carbons (Fsp3) is 0.556. The van der Waals surface area contributed by atoms with E-state index in [2.05, 4.69) is 0 Å². The average molecular weight is 411 g/mol. The molecule has 0 radical (unpaired) electrons. The van der Waals surface area contributed by atoms with Crippen LogP contribution >= 0.6 is 0 Å². The summed E-state index contributed by atoms with van der Waals surface area (Å²) in [6.07, 6.45) is 1.11. The lowest BCUT2D eigenvalue weighted by atomic mass is 10.1. The van der Waals surface area contributed by atoms with Gasteiger partial charge in [0.05, 0.1) is 0 Å². The van der Waals surface area contributed by atoms with E-state index in [1.165, 1.54) is 31.9 Å². The molecule has 11 nitrogen and oxygen atoms in total. The van der Waals surface area contributed by atoms with Gasteiger partial charge in [-0.2, -0.15) is 0 Å². The molecular formula is C18H25N3O8. The first kappa shape index (κ1) is 22.4. The number of allylic oxidation sites excluding steroid dienone is 1. The van der Waals surface area contributed by atoms with Crippen molar-refractivity contribution in [2.75, 3.05) is 6.61 Å². The second-order valence-corrected chi connectivity index (χ2v) is 6.69. The summed E-state index contributed by atoms with van der Waals surface area (Å²) < 4.78 is 21.6. The molecule has 4 N–H and O–H groups in total. The van der Waals surface area contributed by atoms with Crippen molar-refractivity contribution in [3.05, 3.63) is 24.0 Å². The summed E-state index contributed by atoms with van der Waals surface area (Å²) in [4.78, 5) is 48.0. The second-order valence-electron chi connectivity index (χ2n) is 6.69. The fourth-order valence-corrected chi connectivity index (χ4v) is 2.93. The van der Waals surface area contributed by atoms with E-state index in [4.69, 9.17) is 30.4 Å². The molecule has 0 aliphatic carbocycles. The fourth-order valence-electron chi connectivity index (χ4n) is 2.93. The highest BCUT2D eigenvalue weighted by Gasteiger charge is 2.51. The number of hydrogen-bond donors (Lipinski definition) is 2. The van der Waals surface area contributed by atoms with Crippen LogP contribution in [0.1, 0.15) is 27.2 Å². The molecule has 2 aliphatic heterocycles. The molecule has 0 bridgehead atoms. The van der Waals surface area contributed by atoms with Crippen molar-refractivity contribution >= 4 is 23.8 Å². The number of amides is 1. The third kappa shape index (κ3) is 5.78. The molecule has 2 rings (SSSR count). The standard InChI is InChI=1S/C18H25N3O8/c1-9(19)18(25)26-8-13-14(27-10(2)22)15(28-11(3)23)17(29-13)21-6-4-5-12(7-21)16(20)24/h4,6-7,9,13-15,17H,5,8,19H2,1-3H3,(H2,20,24)/t9-,13+,14+,15+,17+/m0/s1. The predicted molar refractivity (Wildman–Crippen MR) is 97.3 cm³/mol. The van der Waals surface area contributed by atoms with Gasteiger partial charge in [-0.05, 0) is 13.3 Å². The van der Waals surface area contributed by atoms with Crippen LogP contribution in [0.3, 0.4) is 0 Å². The van der Waals surface area contributed by atoms with Crippen molar-refractivity contribution in [1.82, 2.24) is 4.90 Å². The van der Waals surface area contributed by atoms with Crippen LogP contribution in [-0.4, -0.2) is 65.9 Å². The summed E-state index contributed by atoms with van der Waals surface area (Å²) in [5, 5.41) is 0. The van der Waals surface area contributed by atoms with Crippen molar-refractivity contribution in [2.24, 2.45) is 11.5 Å². The van der Waals surface area contributed by atoms with Gasteiger partial charge in [0.2, 0.25) is 5.91 Å². The number of esters is 3. The number of ether oxygens (including phenoxy) is 4. The van der Waals surface area contributed by atoms with Gasteiger partial charge in [0.15, 0.2) is 18.4 Å². The third-order valence-corrected chi connectivity index (χ3v) is 4.18. The first-order valence-electron chi connectivity index (χ1n) is 8.97. The topological polar surface area (TPSA) is 160 Å². The molecule has 0 aromatic rings. The predicted octanol–water partition coefficient (Wildman–Crippen LogP) is -0.946. The molecule has 0 unspecified atom stereocenters. The summed E-state index contributed by atoms with van der Waals surface area (Å²) in [7, 11) is 0. The van der Waals surface area contributed by atoms with E-state index < -0.39 is 54.4 Å². The lowest BCUT2D eigenvalue weighted by Crippen LogP contribution is -2.45. The Morgan fingerprint density at radius 3 is 2.38 bits per heavy atom. The van der Waals surface area contributed by atoms with Crippen LogP contribution in [-0.2, 0) is 38.1 Å². The van der Waals surface area contributed by atoms with Crippen LogP contribution in [0, 0.1) is 0 Å². The molecule has 2 aliphatic rings. The van der Waals surface area contributed by atoms with Gasteiger partial charge in [-0.15, -0.1) is 0 Å². The zero-order valence-electron chi connectivity index (χ0n) is 16.4. The number of nitrogens with two attached hydrogens (primary N) is 2. The molecule has 5 atom stereocenters. The molecule has 2 heterocycles. The molecule has 1 fully saturated rings. The van der Waals surface area contributed by atoms with Gasteiger partial charge in [-0.3, -0.25) is 19.2 Å². The number of nitrogens with zero attached hydrogens (tertiary/aromatic N) is 1. The number of carbonyl (C=O) groups excluding carboxylic acids is 4. The average Bonchev–Trinajstić information content (AvgIpc) is 2.96. The van der Waals surface area contributed by atoms with Crippen molar-refractivity contribution in [3.63, 3.8) is 0 Å². The normalized spacial score (nSPS) is 27.0. The van der Waals surface area contributed by atoms with Gasteiger partial charge < -0.3 is 35.3 Å². The molecule has 0 aromatic carbocycles. The first-order valence-corrected chi connectivity index (χ1v) is 8.97. The van der Waals surface area contributed by atoms with Crippen LogP contribution in [0.5, 0.6) is 0 Å². The van der Waals surface area contributed by atoms with E-state index in [-0.39, 0.29) is 6.61 Å². The van der Waals surface area contributed by atoms with E-state index >= 15 is 0 Å². The maximum Gasteiger partial charge on any atom is 0.322 e. The minimum Gasteiger partial charge on any atom is -0.462 e. The van der Waals surface area contributed by atoms with E-state index in [1.807, 2.05) is 0 Å². The lowest BCUT2D eigenvalue weighted by Gasteiger charge is -2.30. The Labute approximate surface area is 167 Å². The van der Waals surface area contributed by atoms with Crippen molar-refractivity contribution < 1.29 is 38.1 Å². The van der Waals surface area contributed by atoms with Gasteiger partial charge in [0.25, 0.3) is 0 Å². The van der Waals surface area contributed by atoms with E-state index in [0.29, 0.717) is 12.0 Å². The zero-order valence-corrected chi connectivity index (χ0v) is 16.4. The summed E-state index contributed by atoms with van der Waals surface area (Å²) >= 11 is 0. The highest BCUT2D eigenvalue weighted by atomic mass is 16.7. The lowest BCUT2D eigenvalue weighted by molar-refractivity contribution is -0.166. The molecule has 0 saturated carbocycles. The third-order valence-electron chi connectivity index (χ3n) is 4.18. The monoisotopic (exact) mass is 411 g/mol. The maximum atomic E-state index is 11.7. The van der Waals surface area contributed by atoms with Crippen LogP contribution in [0.4, 0.5) is 0 Å². The van der Waals surface area contributed by atoms with Crippen molar-refractivity contribution in [2.45, 2.75) is 57.8 Å². The van der Waals surface area contributed by atoms with Crippen molar-refractivity contribution in [3.8, 4) is 0 Å². The Balaban J connectivity index is 2.30. The Hall–Kier alpha value is -2.92. The van der Waals surface area contributed by atoms with E-state index in [0.717, 1.165) is 0 Å². The van der Waals surface area contributed by atoms with Crippen LogP contribution < -0.4 is 11.5 Å². The number of rotatable bonds is 7. The molecule has 1 amide bonds. The van der Waals surface area contributed by atoms with Crippen LogP contribution in [0.15, 0.2) is 24.0 Å².